The summed E-state index contributed by atoms with van der Waals surface area (Å²) in [5.41, 5.74) is 2.41. The van der Waals surface area contributed by atoms with E-state index in [-0.39, 0.29) is 25.2 Å². The Hall–Kier alpha value is -2.20. The predicted octanol–water partition coefficient (Wildman–Crippen LogP) is -2.31. The zero-order valence-electron chi connectivity index (χ0n) is 15.4. The molecule has 15 heteroatoms. The van der Waals surface area contributed by atoms with Crippen LogP contribution in [0.1, 0.15) is 19.3 Å². The smallest absolute Gasteiger partial charge is 0.346 e. The molecular formula is C14H21N8O6S-. The van der Waals surface area contributed by atoms with Crippen LogP contribution in [0, 0.1) is 5.92 Å². The second-order valence-corrected chi connectivity index (χ2v) is 7.86. The highest BCUT2D eigenvalue weighted by molar-refractivity contribution is 7.74. The van der Waals surface area contributed by atoms with Crippen LogP contribution in [0.2, 0.25) is 0 Å². The quantitative estimate of drug-likeness (QED) is 0.338. The van der Waals surface area contributed by atoms with Gasteiger partial charge in [0.1, 0.15) is 23.7 Å². The van der Waals surface area contributed by atoms with Crippen molar-refractivity contribution in [2.75, 3.05) is 19.7 Å². The first-order valence-electron chi connectivity index (χ1n) is 9.24. The monoisotopic (exact) mass is 429 g/mol. The molecule has 3 aliphatic rings. The predicted molar refractivity (Wildman–Crippen MR) is 92.6 cm³/mol. The van der Waals surface area contributed by atoms with E-state index in [0.29, 0.717) is 25.3 Å². The van der Waals surface area contributed by atoms with E-state index in [9.17, 15) is 18.4 Å². The first kappa shape index (κ1) is 20.1. The Kier molecular flexibility index (Phi) is 6.00. The van der Waals surface area contributed by atoms with E-state index in [2.05, 4.69) is 30.6 Å². The number of hydroxylamine groups is 3. The molecule has 29 heavy (non-hydrogen) atoms. The molecule has 3 saturated heterocycles. The number of nitrogens with one attached hydrogen (secondary N) is 2. The average molecular weight is 429 g/mol. The SMILES string of the molecule is O=C(NOC[C@H]1C[C@H](Cn2cnnn2)CN1)C1CCC2CN1C(=O)N2OS(=O)[O-]. The fourth-order valence-electron chi connectivity index (χ4n) is 4.05. The fraction of sp³-hybridized carbons (Fsp3) is 0.786. The van der Waals surface area contributed by atoms with Crippen molar-refractivity contribution in [2.45, 2.75) is 43.9 Å². The summed E-state index contributed by atoms with van der Waals surface area (Å²) in [6.07, 6.45) is 3.27. The molecule has 0 saturated carbocycles. The van der Waals surface area contributed by atoms with Gasteiger partial charge in [-0.05, 0) is 35.6 Å². The molecule has 4 heterocycles. The van der Waals surface area contributed by atoms with E-state index < -0.39 is 29.3 Å². The number of carbonyl (C=O) groups is 2. The molecule has 3 fully saturated rings. The number of amides is 3. The normalized spacial score (nSPS) is 30.0. The largest absolute Gasteiger partial charge is 0.748 e. The molecule has 4 rings (SSSR count). The van der Waals surface area contributed by atoms with Gasteiger partial charge in [-0.3, -0.25) is 9.63 Å². The summed E-state index contributed by atoms with van der Waals surface area (Å²) < 4.78 is 27.7. The molecule has 0 aliphatic carbocycles. The van der Waals surface area contributed by atoms with Gasteiger partial charge in [-0.25, -0.2) is 19.2 Å². The zero-order valence-corrected chi connectivity index (χ0v) is 16.2. The molecule has 5 atom stereocenters. The summed E-state index contributed by atoms with van der Waals surface area (Å²) in [5.74, 6) is -0.0806. The van der Waals surface area contributed by atoms with Gasteiger partial charge in [-0.1, -0.05) is 0 Å². The van der Waals surface area contributed by atoms with Crippen molar-refractivity contribution >= 4 is 23.3 Å². The maximum absolute atomic E-state index is 12.5. The minimum atomic E-state index is -2.84. The van der Waals surface area contributed by atoms with Crippen LogP contribution in [0.15, 0.2) is 6.33 Å². The Morgan fingerprint density at radius 3 is 3.07 bits per heavy atom. The standard InChI is InChI=1S/C14H22N8O6S/c23-13(12-2-1-11-6-21(12)14(24)22(11)28-29(25)26)17-27-7-10-3-9(4-15-10)5-20-8-16-18-19-20/h8-12,15H,1-7H2,(H,17,23)(H,25,26)/p-1/t9-,10+,11?,12?/m0/s1. The van der Waals surface area contributed by atoms with E-state index in [4.69, 9.17) is 4.84 Å². The Morgan fingerprint density at radius 2 is 2.31 bits per heavy atom. The van der Waals surface area contributed by atoms with Crippen LogP contribution in [0.4, 0.5) is 4.79 Å². The number of piperidine rings is 1. The lowest BCUT2D eigenvalue weighted by Crippen LogP contribution is -2.50. The number of tetrazole rings is 1. The maximum Gasteiger partial charge on any atom is 0.346 e. The Morgan fingerprint density at radius 1 is 1.45 bits per heavy atom. The number of nitrogens with zero attached hydrogens (tertiary/aromatic N) is 6. The van der Waals surface area contributed by atoms with Crippen LogP contribution in [0.25, 0.3) is 0 Å². The van der Waals surface area contributed by atoms with Crippen LogP contribution in [0.3, 0.4) is 0 Å². The molecule has 1 aromatic rings. The van der Waals surface area contributed by atoms with Crippen LogP contribution < -0.4 is 10.8 Å². The highest BCUT2D eigenvalue weighted by Gasteiger charge is 2.48. The molecule has 1 aromatic heterocycles. The molecule has 2 bridgehead atoms. The van der Waals surface area contributed by atoms with E-state index in [1.54, 1.807) is 11.0 Å². The number of rotatable bonds is 8. The van der Waals surface area contributed by atoms with Crippen molar-refractivity contribution in [1.82, 2.24) is 41.0 Å². The summed E-state index contributed by atoms with van der Waals surface area (Å²) in [4.78, 5) is 31.4. The topological polar surface area (TPSA) is 167 Å². The highest BCUT2D eigenvalue weighted by atomic mass is 32.2. The molecule has 2 N–H and O–H groups in total. The van der Waals surface area contributed by atoms with Gasteiger partial charge in [-0.2, -0.15) is 9.35 Å². The molecular weight excluding hydrogens is 408 g/mol. The Bertz CT molecular complexity index is 765. The van der Waals surface area contributed by atoms with Crippen LogP contribution in [0.5, 0.6) is 0 Å². The maximum atomic E-state index is 12.5. The summed E-state index contributed by atoms with van der Waals surface area (Å²) >= 11 is -2.84. The van der Waals surface area contributed by atoms with Crippen molar-refractivity contribution in [3.63, 3.8) is 0 Å². The van der Waals surface area contributed by atoms with Gasteiger partial charge in [0.25, 0.3) is 5.91 Å². The number of aromatic nitrogens is 4. The summed E-state index contributed by atoms with van der Waals surface area (Å²) in [6.45, 7) is 2.02. The summed E-state index contributed by atoms with van der Waals surface area (Å²) in [6, 6.07) is -1.67. The van der Waals surface area contributed by atoms with Gasteiger partial charge in [0.05, 0.1) is 12.6 Å². The molecule has 0 radical (unpaired) electrons. The van der Waals surface area contributed by atoms with Crippen LogP contribution in [-0.4, -0.2) is 88.7 Å². The molecule has 3 aliphatic heterocycles. The summed E-state index contributed by atoms with van der Waals surface area (Å²) in [7, 11) is 0. The van der Waals surface area contributed by atoms with Gasteiger partial charge < -0.3 is 14.8 Å². The third-order valence-electron chi connectivity index (χ3n) is 5.37. The van der Waals surface area contributed by atoms with Gasteiger partial charge >= 0.3 is 6.03 Å². The Labute approximate surface area is 168 Å². The van der Waals surface area contributed by atoms with Gasteiger partial charge in [-0.15, -0.1) is 5.10 Å². The second-order valence-electron chi connectivity index (χ2n) is 7.30. The fourth-order valence-corrected chi connectivity index (χ4v) is 4.36. The number of fused-ring (bicyclic) bond motifs is 2. The molecule has 3 unspecified atom stereocenters. The molecule has 3 amide bonds. The molecule has 160 valence electrons. The number of urea groups is 1. The molecule has 0 spiro atoms. The Balaban J connectivity index is 1.20. The van der Waals surface area contributed by atoms with Crippen LogP contribution in [-0.2, 0) is 31.8 Å². The summed E-state index contributed by atoms with van der Waals surface area (Å²) in [5, 5.41) is 15.2. The van der Waals surface area contributed by atoms with Crippen molar-refractivity contribution in [3.05, 3.63) is 6.33 Å². The minimum Gasteiger partial charge on any atom is -0.748 e. The minimum absolute atomic E-state index is 0.0804. The first-order chi connectivity index (χ1) is 14.0. The lowest BCUT2D eigenvalue weighted by molar-refractivity contribution is -0.139. The second kappa shape index (κ2) is 8.66. The molecule has 14 nitrogen and oxygen atoms in total. The zero-order chi connectivity index (χ0) is 20.4. The van der Waals surface area contributed by atoms with Gasteiger partial charge in [0, 0.05) is 25.7 Å². The van der Waals surface area contributed by atoms with Crippen molar-refractivity contribution in [2.24, 2.45) is 5.92 Å². The van der Waals surface area contributed by atoms with E-state index in [0.717, 1.165) is 18.0 Å². The van der Waals surface area contributed by atoms with E-state index >= 15 is 0 Å². The third kappa shape index (κ3) is 4.53. The van der Waals surface area contributed by atoms with E-state index in [1.165, 1.54) is 4.90 Å². The van der Waals surface area contributed by atoms with Gasteiger partial charge in [0.15, 0.2) is 0 Å². The van der Waals surface area contributed by atoms with Gasteiger partial charge in [0.2, 0.25) is 0 Å². The van der Waals surface area contributed by atoms with Crippen LogP contribution >= 0.6 is 0 Å². The number of carbonyl (C=O) groups excluding carboxylic acids is 2. The van der Waals surface area contributed by atoms with Crippen molar-refractivity contribution in [3.8, 4) is 0 Å². The molecule has 0 aromatic carbocycles. The first-order valence-corrected chi connectivity index (χ1v) is 10.2. The van der Waals surface area contributed by atoms with E-state index in [1.807, 2.05) is 0 Å². The number of hydrogen-bond donors (Lipinski definition) is 2. The average Bonchev–Trinajstić information content (AvgIpc) is 3.41. The lowest BCUT2D eigenvalue weighted by Gasteiger charge is -2.29. The number of hydrogen-bond acceptors (Lipinski definition) is 10. The highest BCUT2D eigenvalue weighted by Crippen LogP contribution is 2.30. The third-order valence-corrected chi connectivity index (χ3v) is 5.66. The van der Waals surface area contributed by atoms with Crippen molar-refractivity contribution in [1.29, 1.82) is 0 Å². The van der Waals surface area contributed by atoms with Crippen molar-refractivity contribution < 1.29 is 27.5 Å². The lowest BCUT2D eigenvalue weighted by atomic mass is 10.0.